The third-order valence-electron chi connectivity index (χ3n) is 3.57. The lowest BCUT2D eigenvalue weighted by atomic mass is 9.97. The Labute approximate surface area is 123 Å². The number of ether oxygens (including phenoxy) is 1. The highest BCUT2D eigenvalue weighted by atomic mass is 19.2. The molecule has 21 heavy (non-hydrogen) atoms. The maximum atomic E-state index is 13.8. The van der Waals surface area contributed by atoms with Crippen LogP contribution in [0.3, 0.4) is 0 Å². The first-order valence-corrected chi connectivity index (χ1v) is 6.81. The predicted molar refractivity (Wildman–Crippen MR) is 79.6 cm³/mol. The van der Waals surface area contributed by atoms with Crippen molar-refractivity contribution >= 4 is 0 Å². The number of methoxy groups -OCH3 is 1. The molecule has 0 radical (unpaired) electrons. The lowest BCUT2D eigenvalue weighted by Crippen LogP contribution is -2.20. The molecule has 0 aliphatic rings. The van der Waals surface area contributed by atoms with Crippen LogP contribution >= 0.6 is 0 Å². The highest BCUT2D eigenvalue weighted by Gasteiger charge is 2.18. The van der Waals surface area contributed by atoms with E-state index >= 15 is 0 Å². The number of halogens is 2. The zero-order chi connectivity index (χ0) is 15.4. The van der Waals surface area contributed by atoms with E-state index < -0.39 is 11.6 Å². The summed E-state index contributed by atoms with van der Waals surface area (Å²) in [7, 11) is 3.40. The fourth-order valence-electron chi connectivity index (χ4n) is 2.40. The van der Waals surface area contributed by atoms with Crippen molar-refractivity contribution in [3.05, 3.63) is 64.7 Å². The maximum Gasteiger partial charge on any atom is 0.162 e. The summed E-state index contributed by atoms with van der Waals surface area (Å²) in [6, 6.07) is 9.95. The Kier molecular flexibility index (Phi) is 4.91. The van der Waals surface area contributed by atoms with Crippen molar-refractivity contribution in [3.8, 4) is 5.75 Å². The zero-order valence-electron chi connectivity index (χ0n) is 12.4. The molecule has 0 saturated heterocycles. The summed E-state index contributed by atoms with van der Waals surface area (Å²) in [4.78, 5) is 0. The van der Waals surface area contributed by atoms with Crippen molar-refractivity contribution in [2.75, 3.05) is 14.2 Å². The number of benzene rings is 2. The predicted octanol–water partition coefficient (Wildman–Crippen LogP) is 3.79. The number of nitrogens with one attached hydrogen (secondary N) is 1. The average molecular weight is 291 g/mol. The first-order chi connectivity index (χ1) is 10.1. The molecule has 0 aliphatic carbocycles. The van der Waals surface area contributed by atoms with E-state index in [1.807, 2.05) is 25.1 Å². The van der Waals surface area contributed by atoms with Gasteiger partial charge in [-0.3, -0.25) is 0 Å². The van der Waals surface area contributed by atoms with Gasteiger partial charge < -0.3 is 10.1 Å². The molecule has 1 atom stereocenters. The van der Waals surface area contributed by atoms with E-state index in [9.17, 15) is 8.78 Å². The van der Waals surface area contributed by atoms with Gasteiger partial charge in [-0.15, -0.1) is 0 Å². The topological polar surface area (TPSA) is 21.3 Å². The van der Waals surface area contributed by atoms with Crippen LogP contribution in [0.25, 0.3) is 0 Å². The van der Waals surface area contributed by atoms with Crippen molar-refractivity contribution in [1.82, 2.24) is 5.32 Å². The van der Waals surface area contributed by atoms with Crippen LogP contribution in [0.2, 0.25) is 0 Å². The number of rotatable bonds is 5. The van der Waals surface area contributed by atoms with Gasteiger partial charge in [0, 0.05) is 11.6 Å². The van der Waals surface area contributed by atoms with E-state index in [2.05, 4.69) is 5.32 Å². The molecular weight excluding hydrogens is 272 g/mol. The molecule has 0 saturated carbocycles. The van der Waals surface area contributed by atoms with Crippen LogP contribution in [0, 0.1) is 18.6 Å². The average Bonchev–Trinajstić information content (AvgIpc) is 2.49. The van der Waals surface area contributed by atoms with Crippen LogP contribution < -0.4 is 10.1 Å². The van der Waals surface area contributed by atoms with Crippen LogP contribution in [0.15, 0.2) is 36.4 Å². The quantitative estimate of drug-likeness (QED) is 0.905. The molecule has 4 heteroatoms. The Morgan fingerprint density at radius 3 is 2.62 bits per heavy atom. The number of aryl methyl sites for hydroxylation is 1. The molecule has 0 aliphatic heterocycles. The van der Waals surface area contributed by atoms with Gasteiger partial charge in [0.2, 0.25) is 0 Å². The molecule has 0 bridgehead atoms. The normalized spacial score (nSPS) is 12.2. The summed E-state index contributed by atoms with van der Waals surface area (Å²) in [6.07, 6.45) is 0.347. The molecule has 0 amide bonds. The summed E-state index contributed by atoms with van der Waals surface area (Å²) >= 11 is 0. The van der Waals surface area contributed by atoms with Gasteiger partial charge in [0.1, 0.15) is 5.75 Å². The van der Waals surface area contributed by atoms with Crippen molar-refractivity contribution in [3.63, 3.8) is 0 Å². The third kappa shape index (κ3) is 3.39. The van der Waals surface area contributed by atoms with E-state index in [0.29, 0.717) is 12.0 Å². The highest BCUT2D eigenvalue weighted by Crippen LogP contribution is 2.29. The highest BCUT2D eigenvalue weighted by molar-refractivity contribution is 5.40. The standard InChI is InChI=1S/C17H19F2NO/c1-11-7-8-13(16(9-11)21-3)15(20-2)10-12-5-4-6-14(18)17(12)19/h4-9,15,20H,10H2,1-3H3. The largest absolute Gasteiger partial charge is 0.496 e. The van der Waals surface area contributed by atoms with Gasteiger partial charge in [-0.05, 0) is 43.7 Å². The minimum absolute atomic E-state index is 0.156. The third-order valence-corrected chi connectivity index (χ3v) is 3.57. The summed E-state index contributed by atoms with van der Waals surface area (Å²) < 4.78 is 32.5. The van der Waals surface area contributed by atoms with Crippen LogP contribution in [0.5, 0.6) is 5.75 Å². The van der Waals surface area contributed by atoms with Gasteiger partial charge in [-0.2, -0.15) is 0 Å². The summed E-state index contributed by atoms with van der Waals surface area (Å²) in [5.41, 5.74) is 2.36. The van der Waals surface area contributed by atoms with E-state index in [4.69, 9.17) is 4.74 Å². The van der Waals surface area contributed by atoms with Crippen LogP contribution in [-0.4, -0.2) is 14.2 Å². The van der Waals surface area contributed by atoms with E-state index in [1.54, 1.807) is 20.2 Å². The van der Waals surface area contributed by atoms with Crippen LogP contribution in [0.1, 0.15) is 22.7 Å². The van der Waals surface area contributed by atoms with E-state index in [-0.39, 0.29) is 6.04 Å². The Hall–Kier alpha value is -1.94. The fraction of sp³-hybridized carbons (Fsp3) is 0.294. The van der Waals surface area contributed by atoms with Gasteiger partial charge in [-0.1, -0.05) is 24.3 Å². The number of likely N-dealkylation sites (N-methyl/N-ethyl adjacent to an activating group) is 1. The molecule has 0 spiro atoms. The zero-order valence-corrected chi connectivity index (χ0v) is 12.4. The maximum absolute atomic E-state index is 13.8. The molecule has 112 valence electrons. The lowest BCUT2D eigenvalue weighted by molar-refractivity contribution is 0.400. The first-order valence-electron chi connectivity index (χ1n) is 6.81. The summed E-state index contributed by atoms with van der Waals surface area (Å²) in [5, 5.41) is 3.14. The Balaban J connectivity index is 2.34. The molecule has 2 nitrogen and oxygen atoms in total. The lowest BCUT2D eigenvalue weighted by Gasteiger charge is -2.20. The Morgan fingerprint density at radius 2 is 1.95 bits per heavy atom. The molecule has 2 rings (SSSR count). The van der Waals surface area contributed by atoms with Crippen molar-refractivity contribution in [2.45, 2.75) is 19.4 Å². The van der Waals surface area contributed by atoms with Gasteiger partial charge >= 0.3 is 0 Å². The minimum atomic E-state index is -0.821. The van der Waals surface area contributed by atoms with Crippen LogP contribution in [0.4, 0.5) is 8.78 Å². The van der Waals surface area contributed by atoms with Crippen molar-refractivity contribution in [1.29, 1.82) is 0 Å². The van der Waals surface area contributed by atoms with Crippen molar-refractivity contribution in [2.24, 2.45) is 0 Å². The Bertz CT molecular complexity index is 628. The second-order valence-corrected chi connectivity index (χ2v) is 5.00. The smallest absolute Gasteiger partial charge is 0.162 e. The van der Waals surface area contributed by atoms with Crippen LogP contribution in [-0.2, 0) is 6.42 Å². The minimum Gasteiger partial charge on any atom is -0.496 e. The van der Waals surface area contributed by atoms with Gasteiger partial charge in [0.15, 0.2) is 11.6 Å². The van der Waals surface area contributed by atoms with E-state index in [0.717, 1.165) is 22.9 Å². The van der Waals surface area contributed by atoms with E-state index in [1.165, 1.54) is 6.07 Å². The first kappa shape index (κ1) is 15.4. The molecular formula is C17H19F2NO. The second-order valence-electron chi connectivity index (χ2n) is 5.00. The van der Waals surface area contributed by atoms with Gasteiger partial charge in [-0.25, -0.2) is 8.78 Å². The molecule has 0 fully saturated rings. The molecule has 1 N–H and O–H groups in total. The SMILES string of the molecule is CNC(Cc1cccc(F)c1F)c1ccc(C)cc1OC. The molecule has 0 aromatic heterocycles. The monoisotopic (exact) mass is 291 g/mol. The van der Waals surface area contributed by atoms with Crippen molar-refractivity contribution < 1.29 is 13.5 Å². The molecule has 2 aromatic carbocycles. The molecule has 1 unspecified atom stereocenters. The molecule has 0 heterocycles. The van der Waals surface area contributed by atoms with Gasteiger partial charge in [0.05, 0.1) is 7.11 Å². The number of hydrogen-bond donors (Lipinski definition) is 1. The molecule has 2 aromatic rings. The summed E-state index contributed by atoms with van der Waals surface area (Å²) in [6.45, 7) is 1.98. The second kappa shape index (κ2) is 6.68. The summed E-state index contributed by atoms with van der Waals surface area (Å²) in [5.74, 6) is -0.867. The Morgan fingerprint density at radius 1 is 1.19 bits per heavy atom. The fourth-order valence-corrected chi connectivity index (χ4v) is 2.40. The number of hydrogen-bond acceptors (Lipinski definition) is 2. The van der Waals surface area contributed by atoms with Gasteiger partial charge in [0.25, 0.3) is 0 Å².